The number of rotatable bonds is 9. The van der Waals surface area contributed by atoms with Gasteiger partial charge in [-0.05, 0) is 39.0 Å². The minimum atomic E-state index is -0.669. The molecule has 0 aliphatic rings. The summed E-state index contributed by atoms with van der Waals surface area (Å²) < 4.78 is 13.1. The van der Waals surface area contributed by atoms with Crippen LogP contribution in [0.5, 0.6) is 5.75 Å². The molecule has 0 aliphatic heterocycles. The molecule has 35 heavy (non-hydrogen) atoms. The number of hydrogen-bond donors (Lipinski definition) is 3. The van der Waals surface area contributed by atoms with E-state index in [-0.39, 0.29) is 17.4 Å². The molecule has 0 fully saturated rings. The van der Waals surface area contributed by atoms with E-state index in [2.05, 4.69) is 35.9 Å². The summed E-state index contributed by atoms with van der Waals surface area (Å²) in [6.45, 7) is 8.27. The number of hydrogen-bond acceptors (Lipinski definition) is 10. The van der Waals surface area contributed by atoms with E-state index >= 15 is 0 Å². The monoisotopic (exact) mass is 477 g/mol. The van der Waals surface area contributed by atoms with Gasteiger partial charge in [0, 0.05) is 24.9 Å². The minimum Gasteiger partial charge on any atom is -0.494 e. The van der Waals surface area contributed by atoms with Crippen molar-refractivity contribution in [3.8, 4) is 17.2 Å². The maximum atomic E-state index is 12.1. The third-order valence-electron chi connectivity index (χ3n) is 5.21. The zero-order valence-electron chi connectivity index (χ0n) is 20.2. The van der Waals surface area contributed by atoms with Crippen molar-refractivity contribution in [2.45, 2.75) is 40.3 Å². The molecule has 4 N–H and O–H groups in total. The van der Waals surface area contributed by atoms with E-state index in [0.717, 1.165) is 11.4 Å². The number of primary amides is 1. The number of nitrogens with two attached hydrogens (primary N) is 1. The van der Waals surface area contributed by atoms with Crippen molar-refractivity contribution in [2.75, 3.05) is 17.7 Å². The van der Waals surface area contributed by atoms with Crippen molar-refractivity contribution in [3.05, 3.63) is 53.3 Å². The van der Waals surface area contributed by atoms with Crippen LogP contribution in [0.3, 0.4) is 0 Å². The lowest BCUT2D eigenvalue weighted by molar-refractivity contribution is 0.100. The second kappa shape index (κ2) is 9.79. The summed E-state index contributed by atoms with van der Waals surface area (Å²) in [6, 6.07) is 7.33. The van der Waals surface area contributed by atoms with Crippen molar-refractivity contribution in [1.82, 2.24) is 29.9 Å². The Morgan fingerprint density at radius 2 is 2.06 bits per heavy atom. The third kappa shape index (κ3) is 5.21. The molecule has 0 saturated heterocycles. The quantitative estimate of drug-likeness (QED) is 0.327. The number of aryl methyl sites for hydroxylation is 3. The Morgan fingerprint density at radius 1 is 1.26 bits per heavy atom. The van der Waals surface area contributed by atoms with Crippen LogP contribution in [0.25, 0.3) is 11.5 Å². The van der Waals surface area contributed by atoms with Gasteiger partial charge in [-0.1, -0.05) is 6.07 Å². The molecule has 1 atom stereocenters. The van der Waals surface area contributed by atoms with Crippen molar-refractivity contribution in [1.29, 1.82) is 0 Å². The molecule has 0 saturated carbocycles. The summed E-state index contributed by atoms with van der Waals surface area (Å²) in [4.78, 5) is 20.9. The highest BCUT2D eigenvalue weighted by Crippen LogP contribution is 2.37. The van der Waals surface area contributed by atoms with Gasteiger partial charge in [-0.2, -0.15) is 10.1 Å². The molecule has 4 aromatic rings. The lowest BCUT2D eigenvalue weighted by Crippen LogP contribution is -2.25. The summed E-state index contributed by atoms with van der Waals surface area (Å²) >= 11 is 0. The zero-order valence-corrected chi connectivity index (χ0v) is 20.2. The second-order valence-electron chi connectivity index (χ2n) is 8.11. The van der Waals surface area contributed by atoms with Crippen LogP contribution in [0.2, 0.25) is 0 Å². The van der Waals surface area contributed by atoms with E-state index < -0.39 is 5.91 Å². The van der Waals surface area contributed by atoms with Crippen molar-refractivity contribution >= 4 is 23.4 Å². The number of carbonyl (C=O) groups excluding carboxylic acids is 1. The normalized spacial score (nSPS) is 11.8. The second-order valence-corrected chi connectivity index (χ2v) is 8.11. The molecule has 4 rings (SSSR count). The third-order valence-corrected chi connectivity index (χ3v) is 5.21. The molecule has 0 radical (unpaired) electrons. The Labute approximate surface area is 201 Å². The van der Waals surface area contributed by atoms with E-state index in [4.69, 9.17) is 14.9 Å². The maximum absolute atomic E-state index is 12.1. The smallest absolute Gasteiger partial charge is 0.254 e. The van der Waals surface area contributed by atoms with E-state index in [1.54, 1.807) is 25.1 Å². The fourth-order valence-electron chi connectivity index (χ4n) is 3.67. The Kier molecular flexibility index (Phi) is 6.62. The summed E-state index contributed by atoms with van der Waals surface area (Å²) in [5.74, 6) is 1.06. The van der Waals surface area contributed by atoms with Crippen LogP contribution >= 0.6 is 0 Å². The van der Waals surface area contributed by atoms with Gasteiger partial charge in [-0.15, -0.1) is 10.2 Å². The topological polar surface area (TPSA) is 159 Å². The number of methoxy groups -OCH3 is 1. The number of amides is 1. The SMILES string of the molecule is COc1c(Nc2nc(NC(C)Cn3nc(C)cc3C)ncc2C(N)=O)cccc1-c1nnc(C)o1. The fraction of sp³-hybridized carbons (Fsp3) is 0.304. The van der Waals surface area contributed by atoms with Crippen molar-refractivity contribution in [3.63, 3.8) is 0 Å². The maximum Gasteiger partial charge on any atom is 0.254 e. The number of nitrogens with one attached hydrogen (secondary N) is 2. The molecule has 1 unspecified atom stereocenters. The van der Waals surface area contributed by atoms with Crippen LogP contribution in [-0.4, -0.2) is 49.0 Å². The first-order chi connectivity index (χ1) is 16.7. The molecule has 0 bridgehead atoms. The molecule has 0 aliphatic carbocycles. The first-order valence-electron chi connectivity index (χ1n) is 10.9. The first kappa shape index (κ1) is 23.7. The fourth-order valence-corrected chi connectivity index (χ4v) is 3.67. The Bertz CT molecular complexity index is 1360. The highest BCUT2D eigenvalue weighted by atomic mass is 16.5. The molecule has 12 nitrogen and oxygen atoms in total. The van der Waals surface area contributed by atoms with Crippen LogP contribution in [0.4, 0.5) is 17.5 Å². The van der Waals surface area contributed by atoms with Gasteiger partial charge >= 0.3 is 0 Å². The van der Waals surface area contributed by atoms with Gasteiger partial charge in [0.15, 0.2) is 5.75 Å². The summed E-state index contributed by atoms with van der Waals surface area (Å²) in [5, 5.41) is 18.8. The molecule has 182 valence electrons. The van der Waals surface area contributed by atoms with Gasteiger partial charge in [-0.3, -0.25) is 9.48 Å². The highest BCUT2D eigenvalue weighted by molar-refractivity contribution is 5.98. The number of nitrogens with zero attached hydrogens (tertiary/aromatic N) is 6. The van der Waals surface area contributed by atoms with E-state index in [1.165, 1.54) is 13.3 Å². The van der Waals surface area contributed by atoms with Gasteiger partial charge in [-0.25, -0.2) is 4.98 Å². The number of anilines is 3. The molecule has 12 heteroatoms. The van der Waals surface area contributed by atoms with Crippen LogP contribution in [0, 0.1) is 20.8 Å². The van der Waals surface area contributed by atoms with Gasteiger partial charge in [0.25, 0.3) is 11.8 Å². The number of ether oxygens (including phenoxy) is 1. The summed E-state index contributed by atoms with van der Waals surface area (Å²) in [6.07, 6.45) is 1.38. The summed E-state index contributed by atoms with van der Waals surface area (Å²) in [5.41, 5.74) is 8.84. The molecule has 0 spiro atoms. The molecule has 3 heterocycles. The largest absolute Gasteiger partial charge is 0.494 e. The lowest BCUT2D eigenvalue weighted by Gasteiger charge is -2.17. The van der Waals surface area contributed by atoms with Gasteiger partial charge < -0.3 is 25.5 Å². The average molecular weight is 478 g/mol. The Balaban J connectivity index is 1.62. The van der Waals surface area contributed by atoms with Crippen LogP contribution in [0.15, 0.2) is 34.9 Å². The summed E-state index contributed by atoms with van der Waals surface area (Å²) in [7, 11) is 1.52. The van der Waals surface area contributed by atoms with Crippen LogP contribution in [-0.2, 0) is 6.54 Å². The van der Waals surface area contributed by atoms with Crippen LogP contribution in [0.1, 0.15) is 34.6 Å². The van der Waals surface area contributed by atoms with Crippen molar-refractivity contribution in [2.24, 2.45) is 5.73 Å². The molecule has 1 aromatic carbocycles. The average Bonchev–Trinajstić information content (AvgIpc) is 3.37. The number of carbonyl (C=O) groups is 1. The number of aromatic nitrogens is 6. The standard InChI is InChI=1S/C23H27N9O3/c1-12-9-14(3)32(31-12)11-13(2)26-23-25-10-17(20(24)33)21(28-23)27-18-8-6-7-16(19(18)34-5)22-30-29-15(4)35-22/h6-10,13H,11H2,1-5H3,(H2,24,33)(H2,25,26,27,28). The van der Waals surface area contributed by atoms with Crippen molar-refractivity contribution < 1.29 is 13.9 Å². The first-order valence-corrected chi connectivity index (χ1v) is 10.9. The predicted molar refractivity (Wildman–Crippen MR) is 130 cm³/mol. The Morgan fingerprint density at radius 3 is 2.69 bits per heavy atom. The van der Waals surface area contributed by atoms with Crippen LogP contribution < -0.4 is 21.1 Å². The zero-order chi connectivity index (χ0) is 25.1. The lowest BCUT2D eigenvalue weighted by atomic mass is 10.1. The molecular weight excluding hydrogens is 450 g/mol. The number of para-hydroxylation sites is 1. The predicted octanol–water partition coefficient (Wildman–Crippen LogP) is 3.00. The van der Waals surface area contributed by atoms with Gasteiger partial charge in [0.1, 0.15) is 11.4 Å². The van der Waals surface area contributed by atoms with Gasteiger partial charge in [0.2, 0.25) is 11.8 Å². The Hall–Kier alpha value is -4.48. The molecule has 3 aromatic heterocycles. The van der Waals surface area contributed by atoms with E-state index in [0.29, 0.717) is 41.3 Å². The van der Waals surface area contributed by atoms with E-state index in [1.807, 2.05) is 31.5 Å². The van der Waals surface area contributed by atoms with Gasteiger partial charge in [0.05, 0.1) is 30.6 Å². The minimum absolute atomic E-state index is 0.0427. The number of benzene rings is 1. The highest BCUT2D eigenvalue weighted by Gasteiger charge is 2.19. The molecular formula is C23H27N9O3. The van der Waals surface area contributed by atoms with E-state index in [9.17, 15) is 4.79 Å². The molecule has 1 amide bonds.